The fourth-order valence-corrected chi connectivity index (χ4v) is 1.97. The Kier molecular flexibility index (Phi) is 4.90. The Hall–Kier alpha value is 0.103. The van der Waals surface area contributed by atoms with Crippen LogP contribution in [-0.4, -0.2) is 13.3 Å². The summed E-state index contributed by atoms with van der Waals surface area (Å²) in [6.45, 7) is 2.21. The van der Waals surface area contributed by atoms with Gasteiger partial charge in [0.05, 0.1) is 0 Å². The van der Waals surface area contributed by atoms with Crippen molar-refractivity contribution in [1.82, 2.24) is 0 Å². The molecule has 0 aromatic heterocycles. The molecule has 10 heavy (non-hydrogen) atoms. The van der Waals surface area contributed by atoms with Gasteiger partial charge < -0.3 is 0 Å². The van der Waals surface area contributed by atoms with Crippen LogP contribution in [0, 0.1) is 10.7 Å². The van der Waals surface area contributed by atoms with E-state index in [9.17, 15) is 0 Å². The van der Waals surface area contributed by atoms with Crippen LogP contribution in [0.5, 0.6) is 0 Å². The zero-order valence-corrected chi connectivity index (χ0v) is 9.72. The molecule has 0 aliphatic carbocycles. The molecular weight excluding hydrogens is 181 g/mol. The third kappa shape index (κ3) is 8.10. The summed E-state index contributed by atoms with van der Waals surface area (Å²) in [6.07, 6.45) is 3.65. The molecule has 0 unspecified atom stereocenters. The van der Waals surface area contributed by atoms with Gasteiger partial charge in [-0.15, -0.1) is 0 Å². The van der Waals surface area contributed by atoms with Crippen molar-refractivity contribution in [2.75, 3.05) is 0 Å². The summed E-state index contributed by atoms with van der Waals surface area (Å²) in [6, 6.07) is 0. The van der Waals surface area contributed by atoms with Crippen molar-refractivity contribution >= 4 is 13.3 Å². The Labute approximate surface area is 67.8 Å². The normalized spacial score (nSPS) is 10.4. The van der Waals surface area contributed by atoms with Crippen LogP contribution in [0.3, 0.4) is 0 Å². The second-order valence-corrected chi connectivity index (χ2v) is 13.6. The first kappa shape index (κ1) is 10.1. The van der Waals surface area contributed by atoms with Crippen LogP contribution in [0.2, 0.25) is 17.3 Å². The number of hydrogen-bond donors (Lipinski definition) is 0. The van der Waals surface area contributed by atoms with E-state index >= 15 is 0 Å². The van der Waals surface area contributed by atoms with E-state index < -0.39 is 13.3 Å². The van der Waals surface area contributed by atoms with E-state index in [0.29, 0.717) is 0 Å². The Morgan fingerprint density at radius 3 is 2.20 bits per heavy atom. The monoisotopic (exact) mass is 200 g/mol. The molecule has 0 nitrogen and oxygen atoms in total. The molecule has 0 aliphatic heterocycles. The van der Waals surface area contributed by atoms with Gasteiger partial charge in [0, 0.05) is 0 Å². The van der Waals surface area contributed by atoms with Crippen LogP contribution in [0.4, 0.5) is 0 Å². The maximum atomic E-state index is 3.39. The predicted octanol–water partition coefficient (Wildman–Crippen LogP) is 3.06. The zero-order chi connectivity index (χ0) is 8.04. The molecule has 0 aromatic rings. The van der Waals surface area contributed by atoms with Crippen molar-refractivity contribution in [2.45, 2.75) is 43.5 Å². The van der Waals surface area contributed by atoms with Crippen molar-refractivity contribution in [3.63, 3.8) is 0 Å². The molecule has 0 bridgehead atoms. The standard InChI is InChI=1S/C9H18Ge/c1-5-6-7-8-9-10(2,3)4/h5-7H2,1-4H3. The molecule has 0 heterocycles. The predicted molar refractivity (Wildman–Crippen MR) is 50.6 cm³/mol. The second kappa shape index (κ2) is 4.85. The number of hydrogen-bond acceptors (Lipinski definition) is 0. The van der Waals surface area contributed by atoms with Crippen LogP contribution in [0.1, 0.15) is 26.2 Å². The average Bonchev–Trinajstić information content (AvgIpc) is 1.78. The van der Waals surface area contributed by atoms with Gasteiger partial charge in [0.25, 0.3) is 0 Å². The minimum atomic E-state index is -1.51. The fraction of sp³-hybridized carbons (Fsp3) is 0.778. The van der Waals surface area contributed by atoms with Crippen LogP contribution < -0.4 is 0 Å². The van der Waals surface area contributed by atoms with E-state index in [-0.39, 0.29) is 0 Å². The van der Waals surface area contributed by atoms with Gasteiger partial charge in [-0.1, -0.05) is 0 Å². The topological polar surface area (TPSA) is 0 Å². The molecule has 0 saturated heterocycles. The average molecular weight is 199 g/mol. The molecule has 0 radical (unpaired) electrons. The van der Waals surface area contributed by atoms with Crippen LogP contribution in [0.25, 0.3) is 0 Å². The molecular formula is C9H18Ge. The Morgan fingerprint density at radius 1 is 1.20 bits per heavy atom. The summed E-state index contributed by atoms with van der Waals surface area (Å²) in [5, 5.41) is 0. The third-order valence-electron chi connectivity index (χ3n) is 1.12. The van der Waals surface area contributed by atoms with Crippen LogP contribution >= 0.6 is 0 Å². The second-order valence-electron chi connectivity index (χ2n) is 3.66. The van der Waals surface area contributed by atoms with Crippen LogP contribution in [-0.2, 0) is 0 Å². The molecule has 0 amide bonds. The number of unbranched alkanes of at least 4 members (excludes halogenated alkanes) is 2. The summed E-state index contributed by atoms with van der Waals surface area (Å²) in [4.78, 5) is 0. The van der Waals surface area contributed by atoms with Gasteiger partial charge in [-0.2, -0.15) is 0 Å². The molecule has 0 rings (SSSR count). The van der Waals surface area contributed by atoms with Crippen molar-refractivity contribution in [3.8, 4) is 10.7 Å². The van der Waals surface area contributed by atoms with E-state index in [1.165, 1.54) is 12.8 Å². The van der Waals surface area contributed by atoms with E-state index in [1.807, 2.05) is 0 Å². The summed E-state index contributed by atoms with van der Waals surface area (Å²) >= 11 is -1.51. The Balaban J connectivity index is 3.50. The Morgan fingerprint density at radius 2 is 1.80 bits per heavy atom. The molecule has 0 atom stereocenters. The molecule has 0 fully saturated rings. The van der Waals surface area contributed by atoms with Gasteiger partial charge in [-0.3, -0.25) is 0 Å². The van der Waals surface area contributed by atoms with Crippen molar-refractivity contribution in [1.29, 1.82) is 0 Å². The van der Waals surface area contributed by atoms with Gasteiger partial charge in [0.1, 0.15) is 0 Å². The van der Waals surface area contributed by atoms with Gasteiger partial charge in [0.15, 0.2) is 0 Å². The summed E-state index contributed by atoms with van der Waals surface area (Å²) in [5.41, 5.74) is 0. The summed E-state index contributed by atoms with van der Waals surface area (Å²) in [7, 11) is 0. The van der Waals surface area contributed by atoms with Crippen molar-refractivity contribution in [2.24, 2.45) is 0 Å². The van der Waals surface area contributed by atoms with Gasteiger partial charge >= 0.3 is 67.4 Å². The quantitative estimate of drug-likeness (QED) is 0.364. The van der Waals surface area contributed by atoms with E-state index in [1.54, 1.807) is 0 Å². The maximum absolute atomic E-state index is 3.39. The zero-order valence-electron chi connectivity index (χ0n) is 7.62. The molecule has 0 saturated carbocycles. The number of rotatable bonds is 2. The molecule has 0 aliphatic rings. The molecule has 0 spiro atoms. The first-order valence-corrected chi connectivity index (χ1v) is 11.4. The SMILES string of the molecule is CCCCC#[C][Ge]([CH3])([CH3])[CH3]. The Bertz CT molecular complexity index is 131. The first-order chi connectivity index (χ1) is 4.56. The van der Waals surface area contributed by atoms with Crippen molar-refractivity contribution < 1.29 is 0 Å². The minimum absolute atomic E-state index is 1.11. The van der Waals surface area contributed by atoms with Crippen molar-refractivity contribution in [3.05, 3.63) is 0 Å². The van der Waals surface area contributed by atoms with E-state index in [4.69, 9.17) is 0 Å². The summed E-state index contributed by atoms with van der Waals surface area (Å²) < 4.78 is 3.39. The fourth-order valence-electron chi connectivity index (χ4n) is 0.593. The molecule has 0 aromatic carbocycles. The van der Waals surface area contributed by atoms with E-state index in [2.05, 4.69) is 34.9 Å². The van der Waals surface area contributed by atoms with E-state index in [0.717, 1.165) is 6.42 Å². The third-order valence-corrected chi connectivity index (χ3v) is 3.06. The van der Waals surface area contributed by atoms with Gasteiger partial charge in [-0.25, -0.2) is 0 Å². The van der Waals surface area contributed by atoms with Gasteiger partial charge in [0.2, 0.25) is 0 Å². The first-order valence-electron chi connectivity index (χ1n) is 4.06. The summed E-state index contributed by atoms with van der Waals surface area (Å²) in [5.74, 6) is 10.3. The van der Waals surface area contributed by atoms with Gasteiger partial charge in [-0.05, 0) is 0 Å². The molecule has 58 valence electrons. The molecule has 1 heteroatoms. The molecule has 0 N–H and O–H groups in total. The van der Waals surface area contributed by atoms with Crippen LogP contribution in [0.15, 0.2) is 0 Å².